The summed E-state index contributed by atoms with van der Waals surface area (Å²) in [6.07, 6.45) is 0. The quantitative estimate of drug-likeness (QED) is 0.233. The van der Waals surface area contributed by atoms with Crippen molar-refractivity contribution >= 4 is 33.0 Å². The molecule has 0 aliphatic rings. The third-order valence-electron chi connectivity index (χ3n) is 7.83. The number of nitrogens with zero attached hydrogens (tertiary/aromatic N) is 2. The largest absolute Gasteiger partial charge is 0.455 e. The minimum Gasteiger partial charge on any atom is -0.455 e. The van der Waals surface area contributed by atoms with E-state index in [1.165, 1.54) is 16.7 Å². The van der Waals surface area contributed by atoms with Crippen molar-refractivity contribution in [1.29, 1.82) is 0 Å². The summed E-state index contributed by atoms with van der Waals surface area (Å²) >= 11 is 0. The molecule has 0 N–H and O–H groups in total. The van der Waals surface area contributed by atoms with Crippen molar-refractivity contribution in [1.82, 2.24) is 9.55 Å². The molecule has 2 heterocycles. The first-order chi connectivity index (χ1) is 19.8. The molecule has 0 saturated carbocycles. The van der Waals surface area contributed by atoms with Crippen molar-refractivity contribution in [2.75, 3.05) is 0 Å². The van der Waals surface area contributed by atoms with Crippen LogP contribution in [0, 0.1) is 6.85 Å². The Morgan fingerprint density at radius 2 is 1.51 bits per heavy atom. The van der Waals surface area contributed by atoms with Gasteiger partial charge < -0.3 is 4.42 Å². The predicted octanol–water partition coefficient (Wildman–Crippen LogP) is 10.4. The highest BCUT2D eigenvalue weighted by molar-refractivity contribution is 6.11. The van der Waals surface area contributed by atoms with Crippen LogP contribution in [0.15, 0.2) is 77.2 Å². The van der Waals surface area contributed by atoms with Crippen LogP contribution in [0.5, 0.6) is 0 Å². The molecule has 4 aromatic carbocycles. The average molecular weight is 518 g/mol. The van der Waals surface area contributed by atoms with Gasteiger partial charge in [-0.1, -0.05) is 97.0 Å². The molecule has 3 nitrogen and oxygen atoms in total. The lowest BCUT2D eigenvalue weighted by molar-refractivity contribution is 0.586. The number of furan rings is 1. The highest BCUT2D eigenvalue weighted by Gasteiger charge is 2.27. The van der Waals surface area contributed by atoms with Gasteiger partial charge in [0.05, 0.1) is 22.3 Å². The summed E-state index contributed by atoms with van der Waals surface area (Å²) in [6, 6.07) is 24.2. The van der Waals surface area contributed by atoms with Gasteiger partial charge in [0, 0.05) is 14.9 Å². The fraction of sp³-hybridized carbons (Fsp3) is 0.306. The number of fused-ring (bicyclic) bond motifs is 4. The van der Waals surface area contributed by atoms with Crippen LogP contribution in [0.4, 0.5) is 0 Å². The third kappa shape index (κ3) is 4.07. The molecule has 198 valence electrons. The molecule has 0 spiro atoms. The molecule has 0 aliphatic carbocycles. The van der Waals surface area contributed by atoms with Gasteiger partial charge in [0.2, 0.25) is 0 Å². The van der Waals surface area contributed by atoms with Gasteiger partial charge >= 0.3 is 0 Å². The van der Waals surface area contributed by atoms with Crippen molar-refractivity contribution in [3.8, 4) is 17.1 Å². The van der Waals surface area contributed by atoms with Crippen LogP contribution in [-0.4, -0.2) is 9.55 Å². The van der Waals surface area contributed by atoms with Crippen LogP contribution < -0.4 is 0 Å². The van der Waals surface area contributed by atoms with E-state index in [2.05, 4.69) is 71.2 Å². The van der Waals surface area contributed by atoms with Crippen molar-refractivity contribution < 1.29 is 8.53 Å². The third-order valence-corrected chi connectivity index (χ3v) is 7.83. The van der Waals surface area contributed by atoms with E-state index in [9.17, 15) is 0 Å². The molecule has 6 rings (SSSR count). The highest BCUT2D eigenvalue weighted by atomic mass is 16.3. The second-order valence-electron chi connectivity index (χ2n) is 12.3. The molecule has 0 atom stereocenters. The van der Waals surface area contributed by atoms with E-state index in [-0.39, 0.29) is 22.8 Å². The van der Waals surface area contributed by atoms with Gasteiger partial charge in [0.1, 0.15) is 17.0 Å². The van der Waals surface area contributed by atoms with E-state index in [0.29, 0.717) is 16.6 Å². The number of aromatic nitrogens is 2. The van der Waals surface area contributed by atoms with E-state index in [1.807, 2.05) is 48.5 Å². The zero-order valence-corrected chi connectivity index (χ0v) is 23.9. The Hall–Kier alpha value is -3.85. The van der Waals surface area contributed by atoms with Crippen LogP contribution in [0.3, 0.4) is 0 Å². The van der Waals surface area contributed by atoms with Crippen LogP contribution in [0.2, 0.25) is 0 Å². The minimum absolute atomic E-state index is 0.00279. The Bertz CT molecular complexity index is 1940. The number of para-hydroxylation sites is 3. The van der Waals surface area contributed by atoms with Crippen molar-refractivity contribution in [2.45, 2.75) is 72.6 Å². The Morgan fingerprint density at radius 3 is 2.18 bits per heavy atom. The summed E-state index contributed by atoms with van der Waals surface area (Å²) < 4.78 is 33.7. The van der Waals surface area contributed by atoms with Crippen LogP contribution >= 0.6 is 0 Å². The Kier molecular flexibility index (Phi) is 5.15. The number of benzene rings is 4. The molecule has 0 aliphatic heterocycles. The Morgan fingerprint density at radius 1 is 0.846 bits per heavy atom. The van der Waals surface area contributed by atoms with Gasteiger partial charge in [0.15, 0.2) is 0 Å². The first-order valence-corrected chi connectivity index (χ1v) is 13.9. The molecule has 0 unspecified atom stereocenters. The summed E-state index contributed by atoms with van der Waals surface area (Å²) in [5.74, 6) is 1.26. The van der Waals surface area contributed by atoms with E-state index in [4.69, 9.17) is 13.5 Å². The smallest absolute Gasteiger partial charge is 0.149 e. The minimum atomic E-state index is -2.29. The number of hydrogen-bond donors (Lipinski definition) is 0. The predicted molar refractivity (Wildman–Crippen MR) is 165 cm³/mol. The number of imidazole rings is 1. The Balaban J connectivity index is 1.79. The van der Waals surface area contributed by atoms with Crippen molar-refractivity contribution in [2.24, 2.45) is 0 Å². The SMILES string of the molecule is [2H]C([2H])([2H])c1ccc(-c2nc3ccccc3n2-c2c(C(C)C)cc(C(C)(C)C)cc2C(C)C)c2oc3ccccc3c12. The van der Waals surface area contributed by atoms with Crippen molar-refractivity contribution in [3.63, 3.8) is 0 Å². The van der Waals surface area contributed by atoms with Crippen LogP contribution in [0.25, 0.3) is 50.0 Å². The zero-order chi connectivity index (χ0) is 30.1. The molecule has 6 aromatic rings. The molecule has 2 aromatic heterocycles. The van der Waals surface area contributed by atoms with E-state index in [0.717, 1.165) is 33.5 Å². The summed E-state index contributed by atoms with van der Waals surface area (Å²) in [5.41, 5.74) is 9.11. The molecule has 0 radical (unpaired) electrons. The average Bonchev–Trinajstić information content (AvgIpc) is 3.49. The molecular weight excluding hydrogens is 476 g/mol. The molecule has 0 bridgehead atoms. The number of rotatable bonds is 4. The maximum absolute atomic E-state index is 8.30. The van der Waals surface area contributed by atoms with Gasteiger partial charge in [-0.25, -0.2) is 4.98 Å². The van der Waals surface area contributed by atoms with Gasteiger partial charge in [-0.05, 0) is 70.6 Å². The fourth-order valence-electron chi connectivity index (χ4n) is 5.69. The zero-order valence-electron chi connectivity index (χ0n) is 26.9. The maximum atomic E-state index is 8.30. The lowest BCUT2D eigenvalue weighted by Gasteiger charge is -2.28. The summed E-state index contributed by atoms with van der Waals surface area (Å²) in [5, 5.41) is 1.42. The van der Waals surface area contributed by atoms with Crippen LogP contribution in [0.1, 0.15) is 86.7 Å². The lowest BCUT2D eigenvalue weighted by Crippen LogP contribution is -2.16. The number of hydrogen-bond acceptors (Lipinski definition) is 2. The molecule has 0 amide bonds. The molecule has 39 heavy (non-hydrogen) atoms. The first kappa shape index (κ1) is 22.0. The summed E-state index contributed by atoms with van der Waals surface area (Å²) in [6.45, 7) is 13.5. The fourth-order valence-corrected chi connectivity index (χ4v) is 5.69. The van der Waals surface area contributed by atoms with Gasteiger partial charge in [-0.15, -0.1) is 0 Å². The highest BCUT2D eigenvalue weighted by Crippen LogP contribution is 2.43. The maximum Gasteiger partial charge on any atom is 0.149 e. The molecule has 3 heteroatoms. The van der Waals surface area contributed by atoms with Gasteiger partial charge in [-0.2, -0.15) is 0 Å². The Labute approximate surface area is 235 Å². The molecule has 0 fully saturated rings. The lowest BCUT2D eigenvalue weighted by atomic mass is 9.81. The standard InChI is InChI=1S/C36H38N2O/c1-21(2)27-19-24(36(6,7)8)20-28(22(3)4)33(27)38-30-15-11-10-14-29(30)37-35(38)26-18-17-23(5)32-25-13-9-12-16-31(25)39-34(26)32/h9-22H,1-8H3/i5D3. The molecule has 0 saturated heterocycles. The number of aryl methyl sites for hydroxylation is 1. The monoisotopic (exact) mass is 517 g/mol. The first-order valence-electron chi connectivity index (χ1n) is 15.4. The second kappa shape index (κ2) is 9.12. The summed E-state index contributed by atoms with van der Waals surface area (Å²) in [4.78, 5) is 5.21. The van der Waals surface area contributed by atoms with Gasteiger partial charge in [0.25, 0.3) is 0 Å². The normalized spacial score (nSPS) is 14.0. The second-order valence-corrected chi connectivity index (χ2v) is 12.3. The summed E-state index contributed by atoms with van der Waals surface area (Å²) in [7, 11) is 0. The van der Waals surface area contributed by atoms with E-state index >= 15 is 0 Å². The van der Waals surface area contributed by atoms with E-state index in [1.54, 1.807) is 6.07 Å². The van der Waals surface area contributed by atoms with Gasteiger partial charge in [-0.3, -0.25) is 4.57 Å². The topological polar surface area (TPSA) is 31.0 Å². The van der Waals surface area contributed by atoms with Crippen LogP contribution in [-0.2, 0) is 5.41 Å². The van der Waals surface area contributed by atoms with E-state index < -0.39 is 6.85 Å². The molecular formula is C36H38N2O. The van der Waals surface area contributed by atoms with Crippen molar-refractivity contribution in [3.05, 3.63) is 95.1 Å².